The van der Waals surface area contributed by atoms with Gasteiger partial charge in [0.25, 0.3) is 0 Å². The summed E-state index contributed by atoms with van der Waals surface area (Å²) in [6.07, 6.45) is 9.62. The lowest BCUT2D eigenvalue weighted by Crippen LogP contribution is -2.47. The summed E-state index contributed by atoms with van der Waals surface area (Å²) in [5.41, 5.74) is 2.73. The predicted octanol–water partition coefficient (Wildman–Crippen LogP) is 6.01. The second-order valence-electron chi connectivity index (χ2n) is 10.5. The average Bonchev–Trinajstić information content (AvgIpc) is 2.93. The first-order valence-electron chi connectivity index (χ1n) is 13.8. The summed E-state index contributed by atoms with van der Waals surface area (Å²) in [4.78, 5) is 10.1. The molecule has 0 unspecified atom stereocenters. The molecule has 7 heteroatoms. The van der Waals surface area contributed by atoms with Crippen LogP contribution in [0.2, 0.25) is 0 Å². The monoisotopic (exact) mass is 521 g/mol. The molecule has 0 radical (unpaired) electrons. The number of ether oxygens (including phenoxy) is 1. The van der Waals surface area contributed by atoms with Crippen LogP contribution in [-0.2, 0) is 9.84 Å². The number of sulfone groups is 1. The zero-order valence-electron chi connectivity index (χ0n) is 22.2. The van der Waals surface area contributed by atoms with Gasteiger partial charge < -0.3 is 14.5 Å². The summed E-state index contributed by atoms with van der Waals surface area (Å²) in [6, 6.07) is 13.5. The highest BCUT2D eigenvalue weighted by atomic mass is 32.2. The minimum Gasteiger partial charge on any atom is -0.494 e. The van der Waals surface area contributed by atoms with Gasteiger partial charge >= 0.3 is 0 Å². The van der Waals surface area contributed by atoms with Crippen LogP contribution in [0.4, 0.5) is 5.69 Å². The van der Waals surface area contributed by atoms with Crippen LogP contribution in [0.3, 0.4) is 0 Å². The molecule has 5 rings (SSSR count). The van der Waals surface area contributed by atoms with Gasteiger partial charge in [-0.3, -0.25) is 4.98 Å². The Kier molecular flexibility index (Phi) is 8.01. The van der Waals surface area contributed by atoms with Gasteiger partial charge in [0.2, 0.25) is 9.84 Å². The third-order valence-corrected chi connectivity index (χ3v) is 9.61. The molecule has 0 amide bonds. The molecule has 0 atom stereocenters. The second-order valence-corrected chi connectivity index (χ2v) is 12.4. The molecule has 37 heavy (non-hydrogen) atoms. The number of aromatic nitrogens is 1. The van der Waals surface area contributed by atoms with E-state index in [0.29, 0.717) is 23.3 Å². The van der Waals surface area contributed by atoms with Crippen LogP contribution in [-0.4, -0.2) is 57.1 Å². The number of anilines is 1. The summed E-state index contributed by atoms with van der Waals surface area (Å²) >= 11 is 0. The number of unbranched alkanes of at least 4 members (excludes halogenated alkanes) is 1. The second kappa shape index (κ2) is 11.4. The van der Waals surface area contributed by atoms with Crippen LogP contribution in [0.15, 0.2) is 58.5 Å². The van der Waals surface area contributed by atoms with Crippen molar-refractivity contribution < 1.29 is 13.2 Å². The van der Waals surface area contributed by atoms with Crippen LogP contribution >= 0.6 is 0 Å². The molecule has 1 aromatic heterocycles. The number of hydrogen-bond acceptors (Lipinski definition) is 6. The number of nitrogens with zero attached hydrogens (tertiary/aromatic N) is 3. The maximum atomic E-state index is 14.0. The van der Waals surface area contributed by atoms with Crippen molar-refractivity contribution in [2.24, 2.45) is 0 Å². The highest BCUT2D eigenvalue weighted by molar-refractivity contribution is 7.91. The number of likely N-dealkylation sites (tertiary alicyclic amines) is 1. The van der Waals surface area contributed by atoms with Gasteiger partial charge in [0, 0.05) is 30.7 Å². The highest BCUT2D eigenvalue weighted by Crippen LogP contribution is 2.38. The minimum atomic E-state index is -3.77. The fraction of sp³-hybridized carbons (Fsp3) is 0.500. The van der Waals surface area contributed by atoms with Gasteiger partial charge in [0.15, 0.2) is 0 Å². The lowest BCUT2D eigenvalue weighted by Gasteiger charge is -2.41. The van der Waals surface area contributed by atoms with E-state index in [1.165, 1.54) is 32.4 Å². The molecule has 0 N–H and O–H groups in total. The van der Waals surface area contributed by atoms with Crippen LogP contribution in [0, 0.1) is 6.92 Å². The van der Waals surface area contributed by atoms with Crippen molar-refractivity contribution in [1.82, 2.24) is 9.88 Å². The maximum absolute atomic E-state index is 14.0. The van der Waals surface area contributed by atoms with E-state index in [1.54, 1.807) is 30.5 Å². The minimum absolute atomic E-state index is 0.272. The SMILES string of the molecule is CCCCOc1ccc(S(=O)(=O)c2cnc3ccc(C)cc3c2N2CCC(N3CCCCC3)CC2)cc1. The van der Waals surface area contributed by atoms with Gasteiger partial charge in [0.05, 0.1) is 22.7 Å². The Hall–Kier alpha value is -2.64. The summed E-state index contributed by atoms with van der Waals surface area (Å²) in [5.74, 6) is 0.694. The van der Waals surface area contributed by atoms with Crippen molar-refractivity contribution in [1.29, 1.82) is 0 Å². The van der Waals surface area contributed by atoms with E-state index in [1.807, 2.05) is 19.1 Å². The molecule has 3 aromatic rings. The molecular weight excluding hydrogens is 482 g/mol. The standard InChI is InChI=1S/C30H39N3O3S/c1-3-4-20-36-25-9-11-26(12-10-25)37(34,35)29-22-31-28-13-8-23(2)21-27(28)30(29)33-18-14-24(15-19-33)32-16-6-5-7-17-32/h8-13,21-22,24H,3-7,14-20H2,1-2H3. The first kappa shape index (κ1) is 26.0. The lowest BCUT2D eigenvalue weighted by molar-refractivity contribution is 0.141. The Bertz CT molecular complexity index is 1310. The van der Waals surface area contributed by atoms with Crippen molar-refractivity contribution in [3.8, 4) is 5.75 Å². The fourth-order valence-corrected chi connectivity index (χ4v) is 7.14. The number of hydrogen-bond donors (Lipinski definition) is 0. The van der Waals surface area contributed by atoms with Gasteiger partial charge in [-0.1, -0.05) is 31.4 Å². The molecule has 2 fully saturated rings. The topological polar surface area (TPSA) is 62.7 Å². The Morgan fingerprint density at radius 1 is 0.973 bits per heavy atom. The van der Waals surface area contributed by atoms with Gasteiger partial charge in [-0.05, 0) is 88.5 Å². The molecule has 198 valence electrons. The van der Waals surface area contributed by atoms with E-state index >= 15 is 0 Å². The van der Waals surface area contributed by atoms with Crippen molar-refractivity contribution in [2.75, 3.05) is 37.7 Å². The normalized spacial score (nSPS) is 17.8. The van der Waals surface area contributed by atoms with Gasteiger partial charge in [0.1, 0.15) is 10.6 Å². The number of pyridine rings is 1. The Morgan fingerprint density at radius 2 is 1.70 bits per heavy atom. The van der Waals surface area contributed by atoms with E-state index in [4.69, 9.17) is 4.74 Å². The lowest BCUT2D eigenvalue weighted by atomic mass is 9.99. The highest BCUT2D eigenvalue weighted by Gasteiger charge is 2.31. The van der Waals surface area contributed by atoms with E-state index in [0.717, 1.165) is 60.9 Å². The molecule has 2 saturated heterocycles. The molecule has 3 heterocycles. The molecule has 2 aromatic carbocycles. The van der Waals surface area contributed by atoms with E-state index < -0.39 is 9.84 Å². The van der Waals surface area contributed by atoms with Crippen molar-refractivity contribution in [3.63, 3.8) is 0 Å². The number of fused-ring (bicyclic) bond motifs is 1. The molecule has 6 nitrogen and oxygen atoms in total. The van der Waals surface area contributed by atoms with E-state index in [9.17, 15) is 8.42 Å². The van der Waals surface area contributed by atoms with E-state index in [-0.39, 0.29) is 4.90 Å². The van der Waals surface area contributed by atoms with Gasteiger partial charge in [-0.15, -0.1) is 0 Å². The number of piperidine rings is 2. The van der Waals surface area contributed by atoms with Crippen LogP contribution in [0.1, 0.15) is 57.4 Å². The van der Waals surface area contributed by atoms with Crippen LogP contribution < -0.4 is 9.64 Å². The van der Waals surface area contributed by atoms with E-state index in [2.05, 4.69) is 27.8 Å². The Labute approximate surface area is 221 Å². The summed E-state index contributed by atoms with van der Waals surface area (Å²) in [5, 5.41) is 0.914. The third-order valence-electron chi connectivity index (χ3n) is 7.84. The Balaban J connectivity index is 1.47. The summed E-state index contributed by atoms with van der Waals surface area (Å²) in [7, 11) is -3.77. The number of aryl methyl sites for hydroxylation is 1. The predicted molar refractivity (Wildman–Crippen MR) is 149 cm³/mol. The molecule has 0 aliphatic carbocycles. The smallest absolute Gasteiger partial charge is 0.210 e. The van der Waals surface area contributed by atoms with Crippen molar-refractivity contribution >= 4 is 26.4 Å². The largest absolute Gasteiger partial charge is 0.494 e. The average molecular weight is 522 g/mol. The van der Waals surface area contributed by atoms with Crippen molar-refractivity contribution in [2.45, 2.75) is 74.6 Å². The molecule has 2 aliphatic heterocycles. The van der Waals surface area contributed by atoms with Gasteiger partial charge in [-0.2, -0.15) is 0 Å². The van der Waals surface area contributed by atoms with Crippen LogP contribution in [0.5, 0.6) is 5.75 Å². The van der Waals surface area contributed by atoms with Crippen LogP contribution in [0.25, 0.3) is 10.9 Å². The number of rotatable bonds is 8. The first-order chi connectivity index (χ1) is 18.0. The summed E-state index contributed by atoms with van der Waals surface area (Å²) < 4.78 is 33.7. The molecular formula is C30H39N3O3S. The molecule has 0 bridgehead atoms. The molecule has 2 aliphatic rings. The molecule has 0 saturated carbocycles. The van der Waals surface area contributed by atoms with Gasteiger partial charge in [-0.25, -0.2) is 8.42 Å². The zero-order valence-corrected chi connectivity index (χ0v) is 23.0. The third kappa shape index (κ3) is 5.63. The maximum Gasteiger partial charge on any atom is 0.210 e. The van der Waals surface area contributed by atoms with Crippen molar-refractivity contribution in [3.05, 3.63) is 54.2 Å². The Morgan fingerprint density at radius 3 is 2.41 bits per heavy atom. The fourth-order valence-electron chi connectivity index (χ4n) is 5.71. The molecule has 0 spiro atoms. The zero-order chi connectivity index (χ0) is 25.8. The first-order valence-corrected chi connectivity index (χ1v) is 15.3. The quantitative estimate of drug-likeness (QED) is 0.338. The number of benzene rings is 2. The summed E-state index contributed by atoms with van der Waals surface area (Å²) in [6.45, 7) is 8.88.